The molecule has 5 rings (SSSR count). The summed E-state index contributed by atoms with van der Waals surface area (Å²) in [5.41, 5.74) is 7.13. The zero-order chi connectivity index (χ0) is 20.5. The van der Waals surface area contributed by atoms with E-state index in [4.69, 9.17) is 0 Å². The molecule has 0 aliphatic rings. The second-order valence-corrected chi connectivity index (χ2v) is 7.54. The van der Waals surface area contributed by atoms with Gasteiger partial charge in [-0.3, -0.25) is 9.78 Å². The van der Waals surface area contributed by atoms with Crippen LogP contribution in [-0.2, 0) is 11.2 Å². The van der Waals surface area contributed by atoms with Crippen LogP contribution in [-0.4, -0.2) is 15.9 Å². The Balaban J connectivity index is 1.30. The monoisotopic (exact) mass is 391 g/mol. The Morgan fingerprint density at radius 2 is 1.67 bits per heavy atom. The fourth-order valence-electron chi connectivity index (χ4n) is 3.86. The number of nitrogens with one attached hydrogen (secondary N) is 2. The van der Waals surface area contributed by atoms with E-state index in [0.717, 1.165) is 44.5 Å². The molecule has 146 valence electrons. The van der Waals surface area contributed by atoms with Crippen LogP contribution >= 0.6 is 0 Å². The highest BCUT2D eigenvalue weighted by molar-refractivity contribution is 6.08. The summed E-state index contributed by atoms with van der Waals surface area (Å²) in [7, 11) is 0. The molecule has 4 nitrogen and oxygen atoms in total. The molecule has 2 N–H and O–H groups in total. The van der Waals surface area contributed by atoms with Gasteiger partial charge in [0.25, 0.3) is 0 Å². The van der Waals surface area contributed by atoms with Crippen LogP contribution < -0.4 is 5.32 Å². The molecule has 0 atom stereocenters. The Hall–Kier alpha value is -3.92. The molecule has 1 amide bonds. The van der Waals surface area contributed by atoms with Gasteiger partial charge >= 0.3 is 0 Å². The molecular formula is C26H21N3O. The van der Waals surface area contributed by atoms with Crippen molar-refractivity contribution in [2.24, 2.45) is 0 Å². The van der Waals surface area contributed by atoms with E-state index in [1.807, 2.05) is 67.7 Å². The standard InChI is InChI=1S/C26H21N3O/c1-17-14-20(12-13-27-17)19-8-6-18(7-9-19)15-26(30)28-21-10-11-23-22-4-2-3-5-24(22)29-25(23)16-21/h2-14,16,29H,15H2,1H3,(H,28,30). The van der Waals surface area contributed by atoms with Gasteiger partial charge < -0.3 is 10.3 Å². The van der Waals surface area contributed by atoms with Crippen LogP contribution in [0.1, 0.15) is 11.3 Å². The lowest BCUT2D eigenvalue weighted by molar-refractivity contribution is -0.115. The number of carbonyl (C=O) groups excluding carboxylic acids is 1. The predicted molar refractivity (Wildman–Crippen MR) is 123 cm³/mol. The smallest absolute Gasteiger partial charge is 0.228 e. The predicted octanol–water partition coefficient (Wildman–Crippen LogP) is 5.87. The number of anilines is 1. The molecule has 2 aromatic heterocycles. The first-order valence-electron chi connectivity index (χ1n) is 9.98. The number of nitrogens with zero attached hydrogens (tertiary/aromatic N) is 1. The number of amides is 1. The van der Waals surface area contributed by atoms with Crippen LogP contribution in [0.2, 0.25) is 0 Å². The minimum Gasteiger partial charge on any atom is -0.354 e. The molecule has 0 spiro atoms. The largest absolute Gasteiger partial charge is 0.354 e. The van der Waals surface area contributed by atoms with Crippen LogP contribution in [0.5, 0.6) is 0 Å². The number of hydrogen-bond donors (Lipinski definition) is 2. The third kappa shape index (κ3) is 3.55. The maximum atomic E-state index is 12.6. The molecule has 2 heterocycles. The van der Waals surface area contributed by atoms with Gasteiger partial charge in [-0.05, 0) is 53.9 Å². The molecule has 0 radical (unpaired) electrons. The summed E-state index contributed by atoms with van der Waals surface area (Å²) in [6, 6.07) is 26.4. The van der Waals surface area contributed by atoms with Crippen molar-refractivity contribution in [3.05, 3.63) is 96.3 Å². The first-order valence-corrected chi connectivity index (χ1v) is 9.98. The van der Waals surface area contributed by atoms with Crippen LogP contribution in [0, 0.1) is 6.92 Å². The number of hydrogen-bond acceptors (Lipinski definition) is 2. The number of aryl methyl sites for hydroxylation is 1. The number of fused-ring (bicyclic) bond motifs is 3. The van der Waals surface area contributed by atoms with Crippen molar-refractivity contribution in [1.29, 1.82) is 0 Å². The zero-order valence-corrected chi connectivity index (χ0v) is 16.6. The van der Waals surface area contributed by atoms with Gasteiger partial charge in [0, 0.05) is 39.4 Å². The van der Waals surface area contributed by atoms with Gasteiger partial charge in [-0.1, -0.05) is 48.5 Å². The van der Waals surface area contributed by atoms with Crippen molar-refractivity contribution in [2.75, 3.05) is 5.32 Å². The van der Waals surface area contributed by atoms with Crippen molar-refractivity contribution >= 4 is 33.4 Å². The average molecular weight is 391 g/mol. The Bertz CT molecular complexity index is 1370. The molecule has 5 aromatic rings. The Morgan fingerprint density at radius 3 is 2.50 bits per heavy atom. The average Bonchev–Trinajstić information content (AvgIpc) is 3.12. The van der Waals surface area contributed by atoms with Crippen LogP contribution in [0.25, 0.3) is 32.9 Å². The van der Waals surface area contributed by atoms with Crippen LogP contribution in [0.15, 0.2) is 85.1 Å². The summed E-state index contributed by atoms with van der Waals surface area (Å²) in [4.78, 5) is 20.2. The van der Waals surface area contributed by atoms with E-state index in [2.05, 4.69) is 39.6 Å². The molecule has 0 aliphatic carbocycles. The number of rotatable bonds is 4. The summed E-state index contributed by atoms with van der Waals surface area (Å²) < 4.78 is 0. The topological polar surface area (TPSA) is 57.8 Å². The summed E-state index contributed by atoms with van der Waals surface area (Å²) >= 11 is 0. The molecule has 0 bridgehead atoms. The Labute approximate surface area is 174 Å². The molecule has 0 unspecified atom stereocenters. The number of aromatic nitrogens is 2. The van der Waals surface area contributed by atoms with Crippen LogP contribution in [0.3, 0.4) is 0 Å². The number of benzene rings is 3. The highest BCUT2D eigenvalue weighted by Gasteiger charge is 2.08. The SMILES string of the molecule is Cc1cc(-c2ccc(CC(=O)Nc3ccc4c(c3)[nH]c3ccccc34)cc2)ccn1. The van der Waals surface area contributed by atoms with Crippen molar-refractivity contribution in [3.63, 3.8) is 0 Å². The van der Waals surface area contributed by atoms with E-state index >= 15 is 0 Å². The van der Waals surface area contributed by atoms with E-state index in [0.29, 0.717) is 6.42 Å². The highest BCUT2D eigenvalue weighted by Crippen LogP contribution is 2.27. The number of pyridine rings is 1. The van der Waals surface area contributed by atoms with Gasteiger partial charge in [-0.25, -0.2) is 0 Å². The molecule has 0 fully saturated rings. The minimum absolute atomic E-state index is 0.0297. The lowest BCUT2D eigenvalue weighted by Crippen LogP contribution is -2.14. The van der Waals surface area contributed by atoms with E-state index in [-0.39, 0.29) is 5.91 Å². The molecule has 30 heavy (non-hydrogen) atoms. The fraction of sp³-hybridized carbons (Fsp3) is 0.0769. The van der Waals surface area contributed by atoms with Gasteiger partial charge in [-0.2, -0.15) is 0 Å². The van der Waals surface area contributed by atoms with Crippen molar-refractivity contribution in [2.45, 2.75) is 13.3 Å². The molecule has 0 aliphatic heterocycles. The molecule has 3 aromatic carbocycles. The third-order valence-corrected chi connectivity index (χ3v) is 5.34. The number of H-pyrrole nitrogens is 1. The number of para-hydroxylation sites is 1. The summed E-state index contributed by atoms with van der Waals surface area (Å²) in [5, 5.41) is 5.36. The van der Waals surface area contributed by atoms with Gasteiger partial charge in [0.1, 0.15) is 0 Å². The fourth-order valence-corrected chi connectivity index (χ4v) is 3.86. The molecular weight excluding hydrogens is 370 g/mol. The molecule has 0 saturated carbocycles. The maximum absolute atomic E-state index is 12.6. The third-order valence-electron chi connectivity index (χ3n) is 5.34. The van der Waals surface area contributed by atoms with E-state index in [1.165, 1.54) is 5.39 Å². The summed E-state index contributed by atoms with van der Waals surface area (Å²) in [5.74, 6) is -0.0297. The lowest BCUT2D eigenvalue weighted by Gasteiger charge is -2.07. The second-order valence-electron chi connectivity index (χ2n) is 7.54. The second kappa shape index (κ2) is 7.48. The van der Waals surface area contributed by atoms with E-state index in [1.54, 1.807) is 0 Å². The zero-order valence-electron chi connectivity index (χ0n) is 16.6. The quantitative estimate of drug-likeness (QED) is 0.402. The van der Waals surface area contributed by atoms with E-state index < -0.39 is 0 Å². The number of aromatic amines is 1. The van der Waals surface area contributed by atoms with E-state index in [9.17, 15) is 4.79 Å². The van der Waals surface area contributed by atoms with Crippen molar-refractivity contribution in [1.82, 2.24) is 9.97 Å². The first-order chi connectivity index (χ1) is 14.7. The number of carbonyl (C=O) groups is 1. The molecule has 4 heteroatoms. The van der Waals surface area contributed by atoms with Gasteiger partial charge in [0.05, 0.1) is 6.42 Å². The lowest BCUT2D eigenvalue weighted by atomic mass is 10.0. The summed E-state index contributed by atoms with van der Waals surface area (Å²) in [6.45, 7) is 1.98. The first kappa shape index (κ1) is 18.1. The minimum atomic E-state index is -0.0297. The molecule has 0 saturated heterocycles. The van der Waals surface area contributed by atoms with Crippen molar-refractivity contribution < 1.29 is 4.79 Å². The normalized spacial score (nSPS) is 11.1. The van der Waals surface area contributed by atoms with Crippen LogP contribution in [0.4, 0.5) is 5.69 Å². The Kier molecular flexibility index (Phi) is 4.52. The van der Waals surface area contributed by atoms with Gasteiger partial charge in [0.2, 0.25) is 5.91 Å². The Morgan fingerprint density at radius 1 is 0.867 bits per heavy atom. The van der Waals surface area contributed by atoms with Gasteiger partial charge in [0.15, 0.2) is 0 Å². The highest BCUT2D eigenvalue weighted by atomic mass is 16.1. The van der Waals surface area contributed by atoms with Gasteiger partial charge in [-0.15, -0.1) is 0 Å². The van der Waals surface area contributed by atoms with Crippen molar-refractivity contribution in [3.8, 4) is 11.1 Å². The summed E-state index contributed by atoms with van der Waals surface area (Å²) in [6.07, 6.45) is 2.15. The maximum Gasteiger partial charge on any atom is 0.228 e.